The van der Waals surface area contributed by atoms with Crippen LogP contribution in [-0.2, 0) is 23.9 Å². The number of nitrogens with zero attached hydrogens (tertiary/aromatic N) is 1. The van der Waals surface area contributed by atoms with Gasteiger partial charge in [-0.25, -0.2) is 4.79 Å². The van der Waals surface area contributed by atoms with Gasteiger partial charge in [-0.05, 0) is 46.0 Å². The van der Waals surface area contributed by atoms with Crippen LogP contribution in [-0.4, -0.2) is 64.8 Å². The number of fused-ring (bicyclic) bond motifs is 1. The van der Waals surface area contributed by atoms with E-state index in [2.05, 4.69) is 10.6 Å². The van der Waals surface area contributed by atoms with Crippen molar-refractivity contribution in [1.82, 2.24) is 15.5 Å². The Bertz CT molecular complexity index is 809. The fourth-order valence-corrected chi connectivity index (χ4v) is 4.91. The second kappa shape index (κ2) is 13.6. The number of nitrogens with two attached hydrogens (primary N) is 1. The van der Waals surface area contributed by atoms with Crippen LogP contribution in [0.2, 0.25) is 0 Å². The summed E-state index contributed by atoms with van der Waals surface area (Å²) in [6, 6.07) is -2.62. The lowest BCUT2D eigenvalue weighted by molar-refractivity contribution is -0.142. The molecule has 2 saturated heterocycles. The molecule has 0 aromatic carbocycles. The highest BCUT2D eigenvalue weighted by Crippen LogP contribution is 2.25. The first-order chi connectivity index (χ1) is 16.9. The molecule has 2 fully saturated rings. The Kier molecular flexibility index (Phi) is 11.2. The zero-order valence-electron chi connectivity index (χ0n) is 22.3. The minimum atomic E-state index is -1.08. The van der Waals surface area contributed by atoms with E-state index in [9.17, 15) is 24.0 Å². The Labute approximate surface area is 214 Å². The van der Waals surface area contributed by atoms with Crippen LogP contribution in [0, 0.1) is 5.92 Å². The first kappa shape index (κ1) is 29.6. The quantitative estimate of drug-likeness (QED) is 0.499. The van der Waals surface area contributed by atoms with Crippen LogP contribution in [0.25, 0.3) is 0 Å². The highest BCUT2D eigenvalue weighted by atomic mass is 16.6. The number of Topliss-reactive ketones (excluding diaryl/α,β-unsaturated/α-hetero) is 1. The molecule has 10 heteroatoms. The molecule has 4 amide bonds. The summed E-state index contributed by atoms with van der Waals surface area (Å²) in [6.45, 7) is 7.56. The second-order valence-electron chi connectivity index (χ2n) is 11.2. The Morgan fingerprint density at radius 1 is 0.972 bits per heavy atom. The zero-order chi connectivity index (χ0) is 26.9. The second-order valence-corrected chi connectivity index (χ2v) is 11.2. The number of hydrogen-bond acceptors (Lipinski definition) is 6. The third-order valence-corrected chi connectivity index (χ3v) is 6.70. The molecule has 2 aliphatic rings. The molecule has 0 aromatic heterocycles. The van der Waals surface area contributed by atoms with Gasteiger partial charge in [-0.2, -0.15) is 0 Å². The molecule has 204 valence electrons. The van der Waals surface area contributed by atoms with E-state index in [-0.39, 0.29) is 11.8 Å². The minimum Gasteiger partial charge on any atom is -0.444 e. The maximum Gasteiger partial charge on any atom is 0.408 e. The molecule has 0 spiro atoms. The zero-order valence-corrected chi connectivity index (χ0v) is 22.3. The molecule has 4 atom stereocenters. The van der Waals surface area contributed by atoms with Crippen molar-refractivity contribution in [3.63, 3.8) is 0 Å². The van der Waals surface area contributed by atoms with E-state index < -0.39 is 47.4 Å². The van der Waals surface area contributed by atoms with Crippen LogP contribution in [0.15, 0.2) is 0 Å². The number of primary amides is 1. The van der Waals surface area contributed by atoms with Crippen LogP contribution in [0.5, 0.6) is 0 Å². The summed E-state index contributed by atoms with van der Waals surface area (Å²) in [4.78, 5) is 64.9. The molecule has 0 aliphatic carbocycles. The third kappa shape index (κ3) is 9.43. The number of amides is 4. The molecule has 0 unspecified atom stereocenters. The number of ether oxygens (including phenoxy) is 1. The Balaban J connectivity index is 2.27. The Morgan fingerprint density at radius 2 is 1.53 bits per heavy atom. The van der Waals surface area contributed by atoms with Gasteiger partial charge in [-0.1, -0.05) is 58.3 Å². The number of alkyl carbamates (subject to hydrolysis) is 1. The van der Waals surface area contributed by atoms with Crippen molar-refractivity contribution in [2.45, 2.75) is 122 Å². The molecule has 0 saturated carbocycles. The molecule has 2 heterocycles. The van der Waals surface area contributed by atoms with Gasteiger partial charge < -0.3 is 26.0 Å². The third-order valence-electron chi connectivity index (χ3n) is 6.70. The summed E-state index contributed by atoms with van der Waals surface area (Å²) in [5.74, 6) is -2.67. The SMILES string of the molecule is C[C@@H]1C[C@H]2C(=O)N[C@H](C(=O)C(N)=O)CCCCCCCCCC[C@H](NC(=O)OC(C)(C)C)C(=O)N2C1. The summed E-state index contributed by atoms with van der Waals surface area (Å²) in [7, 11) is 0. The monoisotopic (exact) mass is 508 g/mol. The summed E-state index contributed by atoms with van der Waals surface area (Å²) < 4.78 is 5.38. The number of carbonyl (C=O) groups is 5. The summed E-state index contributed by atoms with van der Waals surface area (Å²) in [5, 5.41) is 5.42. The summed E-state index contributed by atoms with van der Waals surface area (Å²) in [5.41, 5.74) is 4.52. The molecule has 4 N–H and O–H groups in total. The lowest BCUT2D eigenvalue weighted by Crippen LogP contribution is -2.56. The van der Waals surface area contributed by atoms with Gasteiger partial charge in [0.15, 0.2) is 0 Å². The normalized spacial score (nSPS) is 27.4. The van der Waals surface area contributed by atoms with Crippen molar-refractivity contribution in [2.24, 2.45) is 11.7 Å². The van der Waals surface area contributed by atoms with Crippen LogP contribution in [0.1, 0.15) is 98.3 Å². The topological polar surface area (TPSA) is 148 Å². The van der Waals surface area contributed by atoms with Gasteiger partial charge in [0.25, 0.3) is 5.91 Å². The maximum absolute atomic E-state index is 13.6. The van der Waals surface area contributed by atoms with Crippen molar-refractivity contribution in [2.75, 3.05) is 6.54 Å². The largest absolute Gasteiger partial charge is 0.444 e. The molecule has 0 radical (unpaired) electrons. The van der Waals surface area contributed by atoms with E-state index >= 15 is 0 Å². The van der Waals surface area contributed by atoms with Gasteiger partial charge in [-0.3, -0.25) is 19.2 Å². The van der Waals surface area contributed by atoms with E-state index in [0.29, 0.717) is 32.2 Å². The standard InChI is InChI=1S/C26H44N4O6/c1-17-15-20-23(33)28-18(21(31)22(27)32)13-11-9-7-5-6-8-10-12-14-19(24(34)30(20)16-17)29-25(35)36-26(2,3)4/h17-20H,5-16H2,1-4H3,(H2,27,32)(H,28,33)(H,29,35)/t17-,18+,19+,20+/m1/s1. The number of ketones is 1. The fourth-order valence-electron chi connectivity index (χ4n) is 4.91. The molecule has 2 rings (SSSR count). The van der Waals surface area contributed by atoms with Crippen LogP contribution < -0.4 is 16.4 Å². The Hall–Kier alpha value is -2.65. The predicted molar refractivity (Wildman–Crippen MR) is 135 cm³/mol. The average Bonchev–Trinajstić information content (AvgIpc) is 3.17. The number of nitrogens with one attached hydrogen (secondary N) is 2. The van der Waals surface area contributed by atoms with Crippen molar-refractivity contribution in [3.8, 4) is 0 Å². The van der Waals surface area contributed by atoms with Gasteiger partial charge >= 0.3 is 6.09 Å². The van der Waals surface area contributed by atoms with E-state index in [1.165, 1.54) is 4.90 Å². The predicted octanol–water partition coefficient (Wildman–Crippen LogP) is 2.57. The van der Waals surface area contributed by atoms with Gasteiger partial charge in [0.1, 0.15) is 17.7 Å². The number of hydrogen-bond donors (Lipinski definition) is 3. The maximum atomic E-state index is 13.6. The molecule has 0 aromatic rings. The molecule has 36 heavy (non-hydrogen) atoms. The van der Waals surface area contributed by atoms with E-state index in [0.717, 1.165) is 44.9 Å². The van der Waals surface area contributed by atoms with Crippen LogP contribution >= 0.6 is 0 Å². The van der Waals surface area contributed by atoms with Crippen LogP contribution in [0.3, 0.4) is 0 Å². The fraction of sp³-hybridized carbons (Fsp3) is 0.808. The lowest BCUT2D eigenvalue weighted by Gasteiger charge is -2.30. The summed E-state index contributed by atoms with van der Waals surface area (Å²) in [6.07, 6.45) is 7.95. The molecule has 0 bridgehead atoms. The first-order valence-corrected chi connectivity index (χ1v) is 13.3. The van der Waals surface area contributed by atoms with Crippen molar-refractivity contribution in [1.29, 1.82) is 0 Å². The van der Waals surface area contributed by atoms with Crippen LogP contribution in [0.4, 0.5) is 4.79 Å². The van der Waals surface area contributed by atoms with Gasteiger partial charge in [0.2, 0.25) is 17.6 Å². The Morgan fingerprint density at radius 3 is 2.08 bits per heavy atom. The summed E-state index contributed by atoms with van der Waals surface area (Å²) >= 11 is 0. The lowest BCUT2D eigenvalue weighted by atomic mass is 10.0. The van der Waals surface area contributed by atoms with E-state index in [4.69, 9.17) is 10.5 Å². The highest BCUT2D eigenvalue weighted by molar-refractivity contribution is 6.37. The smallest absolute Gasteiger partial charge is 0.408 e. The molecule has 2 aliphatic heterocycles. The molecular formula is C26H44N4O6. The molecular weight excluding hydrogens is 464 g/mol. The average molecular weight is 509 g/mol. The van der Waals surface area contributed by atoms with Gasteiger partial charge in [0.05, 0.1) is 6.04 Å². The van der Waals surface area contributed by atoms with Gasteiger partial charge in [-0.15, -0.1) is 0 Å². The first-order valence-electron chi connectivity index (χ1n) is 13.3. The minimum absolute atomic E-state index is 0.0581. The molecule has 10 nitrogen and oxygen atoms in total. The highest BCUT2D eigenvalue weighted by Gasteiger charge is 2.41. The van der Waals surface area contributed by atoms with E-state index in [1.807, 2.05) is 6.92 Å². The van der Waals surface area contributed by atoms with Crippen molar-refractivity contribution in [3.05, 3.63) is 0 Å². The van der Waals surface area contributed by atoms with Crippen molar-refractivity contribution >= 4 is 29.6 Å². The van der Waals surface area contributed by atoms with Gasteiger partial charge in [0, 0.05) is 6.54 Å². The number of rotatable bonds is 3. The van der Waals surface area contributed by atoms with Crippen molar-refractivity contribution < 1.29 is 28.7 Å². The number of carbonyl (C=O) groups excluding carboxylic acids is 5. The van der Waals surface area contributed by atoms with E-state index in [1.54, 1.807) is 20.8 Å².